The molecule has 0 aliphatic heterocycles. The minimum Gasteiger partial charge on any atom is -0.385 e. The fourth-order valence-corrected chi connectivity index (χ4v) is 2.50. The van der Waals surface area contributed by atoms with Gasteiger partial charge in [0.1, 0.15) is 6.10 Å². The number of rotatable bonds is 5. The van der Waals surface area contributed by atoms with Crippen molar-refractivity contribution in [2.75, 3.05) is 0 Å². The maximum atomic E-state index is 12.3. The van der Waals surface area contributed by atoms with Crippen LogP contribution in [0.2, 0.25) is 0 Å². The number of pyridine rings is 1. The van der Waals surface area contributed by atoms with Crippen LogP contribution in [-0.2, 0) is 0 Å². The highest BCUT2D eigenvalue weighted by Gasteiger charge is 2.24. The first-order valence-electron chi connectivity index (χ1n) is 7.16. The molecule has 2 aromatic rings. The number of fused-ring (bicyclic) bond motifs is 1. The second-order valence-electron chi connectivity index (χ2n) is 5.25. The molecule has 0 amide bonds. The Morgan fingerprint density at radius 2 is 1.90 bits per heavy atom. The lowest BCUT2D eigenvalue weighted by atomic mass is 9.90. The van der Waals surface area contributed by atoms with E-state index in [1.54, 1.807) is 6.07 Å². The Balaban J connectivity index is 2.33. The zero-order chi connectivity index (χ0) is 14.7. The third kappa shape index (κ3) is 2.88. The Hall–Kier alpha value is -1.74. The van der Waals surface area contributed by atoms with Crippen molar-refractivity contribution in [3.05, 3.63) is 41.6 Å². The molecule has 106 valence electrons. The van der Waals surface area contributed by atoms with E-state index in [2.05, 4.69) is 4.98 Å². The monoisotopic (exact) mass is 271 g/mol. The highest BCUT2D eigenvalue weighted by molar-refractivity contribution is 6.02. The molecule has 1 N–H and O–H groups in total. The number of nitrogens with zero attached hydrogens (tertiary/aromatic N) is 1. The summed E-state index contributed by atoms with van der Waals surface area (Å²) in [5, 5.41) is 11.1. The largest absolute Gasteiger partial charge is 0.385 e. The highest BCUT2D eigenvalue weighted by Crippen LogP contribution is 2.20. The van der Waals surface area contributed by atoms with Crippen LogP contribution < -0.4 is 0 Å². The van der Waals surface area contributed by atoms with Crippen molar-refractivity contribution in [2.24, 2.45) is 5.92 Å². The molecular formula is C17H21NO2. The number of aryl methyl sites for hydroxylation is 1. The number of aliphatic hydroxyl groups is 1. The van der Waals surface area contributed by atoms with Crippen LogP contribution in [0.15, 0.2) is 30.3 Å². The zero-order valence-corrected chi connectivity index (χ0v) is 12.3. The quantitative estimate of drug-likeness (QED) is 0.846. The molecule has 0 saturated heterocycles. The van der Waals surface area contributed by atoms with Crippen molar-refractivity contribution in [1.29, 1.82) is 0 Å². The molecule has 3 nitrogen and oxygen atoms in total. The highest BCUT2D eigenvalue weighted by atomic mass is 16.3. The summed E-state index contributed by atoms with van der Waals surface area (Å²) >= 11 is 0. The van der Waals surface area contributed by atoms with Crippen LogP contribution >= 0.6 is 0 Å². The van der Waals surface area contributed by atoms with Gasteiger partial charge in [0.25, 0.3) is 0 Å². The topological polar surface area (TPSA) is 50.2 Å². The number of aliphatic hydroxyl groups excluding tert-OH is 1. The van der Waals surface area contributed by atoms with Crippen LogP contribution in [0.1, 0.15) is 42.7 Å². The van der Waals surface area contributed by atoms with Crippen molar-refractivity contribution in [1.82, 2.24) is 4.98 Å². The van der Waals surface area contributed by atoms with E-state index < -0.39 is 6.10 Å². The minimum absolute atomic E-state index is 0.0225. The van der Waals surface area contributed by atoms with Gasteiger partial charge in [-0.15, -0.1) is 0 Å². The van der Waals surface area contributed by atoms with Crippen LogP contribution in [0.25, 0.3) is 10.9 Å². The molecule has 1 aromatic carbocycles. The number of carbonyl (C=O) groups excluding carboxylic acids is 1. The van der Waals surface area contributed by atoms with Gasteiger partial charge in [-0.25, -0.2) is 0 Å². The summed E-state index contributed by atoms with van der Waals surface area (Å²) in [6.45, 7) is 5.94. The van der Waals surface area contributed by atoms with Crippen LogP contribution in [-0.4, -0.2) is 22.0 Å². The molecule has 0 spiro atoms. The SMILES string of the molecule is CCC(CC)C(O)C(=O)c1ccc2nc(C)ccc2c1. The van der Waals surface area contributed by atoms with Gasteiger partial charge in [-0.05, 0) is 37.1 Å². The molecule has 1 unspecified atom stereocenters. The molecular weight excluding hydrogens is 250 g/mol. The first kappa shape index (κ1) is 14.7. The third-order valence-electron chi connectivity index (χ3n) is 3.88. The molecule has 0 aliphatic carbocycles. The molecule has 3 heteroatoms. The summed E-state index contributed by atoms with van der Waals surface area (Å²) in [4.78, 5) is 16.8. The van der Waals surface area contributed by atoms with Gasteiger partial charge < -0.3 is 5.11 Å². The lowest BCUT2D eigenvalue weighted by molar-refractivity contribution is 0.0588. The smallest absolute Gasteiger partial charge is 0.191 e. The van der Waals surface area contributed by atoms with Gasteiger partial charge in [0, 0.05) is 16.6 Å². The Labute approximate surface area is 119 Å². The number of ketones is 1. The van der Waals surface area contributed by atoms with Crippen molar-refractivity contribution >= 4 is 16.7 Å². The fourth-order valence-electron chi connectivity index (χ4n) is 2.50. The predicted octanol–water partition coefficient (Wildman–Crippen LogP) is 3.52. The van der Waals surface area contributed by atoms with E-state index >= 15 is 0 Å². The summed E-state index contributed by atoms with van der Waals surface area (Å²) in [7, 11) is 0. The van der Waals surface area contributed by atoms with Crippen molar-refractivity contribution in [3.63, 3.8) is 0 Å². The Kier molecular flexibility index (Phi) is 4.50. The van der Waals surface area contributed by atoms with Crippen molar-refractivity contribution < 1.29 is 9.90 Å². The number of carbonyl (C=O) groups is 1. The van der Waals surface area contributed by atoms with Crippen LogP contribution in [0.5, 0.6) is 0 Å². The Morgan fingerprint density at radius 3 is 2.55 bits per heavy atom. The van der Waals surface area contributed by atoms with E-state index in [9.17, 15) is 9.90 Å². The first-order valence-corrected chi connectivity index (χ1v) is 7.16. The van der Waals surface area contributed by atoms with Gasteiger partial charge >= 0.3 is 0 Å². The van der Waals surface area contributed by atoms with Crippen LogP contribution in [0, 0.1) is 12.8 Å². The van der Waals surface area contributed by atoms with Gasteiger partial charge in [-0.2, -0.15) is 0 Å². The van der Waals surface area contributed by atoms with Gasteiger partial charge in [0.15, 0.2) is 5.78 Å². The Morgan fingerprint density at radius 1 is 1.20 bits per heavy atom. The average molecular weight is 271 g/mol. The summed E-state index contributed by atoms with van der Waals surface area (Å²) < 4.78 is 0. The van der Waals surface area contributed by atoms with Gasteiger partial charge in [-0.3, -0.25) is 9.78 Å². The molecule has 0 saturated carbocycles. The van der Waals surface area contributed by atoms with Crippen LogP contribution in [0.3, 0.4) is 0 Å². The third-order valence-corrected chi connectivity index (χ3v) is 3.88. The maximum absolute atomic E-state index is 12.3. The zero-order valence-electron chi connectivity index (χ0n) is 12.3. The Bertz CT molecular complexity index is 617. The summed E-state index contributed by atoms with van der Waals surface area (Å²) in [5.74, 6) is -0.171. The summed E-state index contributed by atoms with van der Waals surface area (Å²) in [6, 6.07) is 9.29. The van der Waals surface area contributed by atoms with Gasteiger partial charge in [0.05, 0.1) is 5.52 Å². The second kappa shape index (κ2) is 6.14. The molecule has 0 aliphatic rings. The second-order valence-corrected chi connectivity index (χ2v) is 5.25. The lowest BCUT2D eigenvalue weighted by Crippen LogP contribution is -2.29. The molecule has 2 rings (SSSR count). The number of benzene rings is 1. The van der Waals surface area contributed by atoms with E-state index in [1.165, 1.54) is 0 Å². The number of hydrogen-bond acceptors (Lipinski definition) is 3. The lowest BCUT2D eigenvalue weighted by Gasteiger charge is -2.18. The molecule has 20 heavy (non-hydrogen) atoms. The average Bonchev–Trinajstić information content (AvgIpc) is 2.47. The first-order chi connectivity index (χ1) is 9.56. The normalized spacial score (nSPS) is 12.8. The van der Waals surface area contributed by atoms with E-state index in [1.807, 2.05) is 45.0 Å². The molecule has 0 radical (unpaired) electrons. The molecule has 1 atom stereocenters. The number of aromatic nitrogens is 1. The van der Waals surface area contributed by atoms with Gasteiger partial charge in [0.2, 0.25) is 0 Å². The molecule has 1 heterocycles. The van der Waals surface area contributed by atoms with E-state index in [4.69, 9.17) is 0 Å². The summed E-state index contributed by atoms with van der Waals surface area (Å²) in [6.07, 6.45) is 0.691. The predicted molar refractivity (Wildman–Crippen MR) is 80.9 cm³/mol. The van der Waals surface area contributed by atoms with E-state index in [-0.39, 0.29) is 11.7 Å². The fraction of sp³-hybridized carbons (Fsp3) is 0.412. The number of hydrogen-bond donors (Lipinski definition) is 1. The van der Waals surface area contributed by atoms with Crippen LogP contribution in [0.4, 0.5) is 0 Å². The standard InChI is InChI=1S/C17H21NO2/c1-4-12(5-2)16(19)17(20)14-8-9-15-13(10-14)7-6-11(3)18-15/h6-10,12,16,19H,4-5H2,1-3H3. The van der Waals surface area contributed by atoms with Gasteiger partial charge in [-0.1, -0.05) is 32.8 Å². The molecule has 0 bridgehead atoms. The molecule has 1 aromatic heterocycles. The number of Topliss-reactive ketones (excluding diaryl/α,β-unsaturated/α-hetero) is 1. The summed E-state index contributed by atoms with van der Waals surface area (Å²) in [5.41, 5.74) is 2.38. The molecule has 0 fully saturated rings. The van der Waals surface area contributed by atoms with E-state index in [0.29, 0.717) is 5.56 Å². The maximum Gasteiger partial charge on any atom is 0.191 e. The van der Waals surface area contributed by atoms with Crippen molar-refractivity contribution in [2.45, 2.75) is 39.7 Å². The van der Waals surface area contributed by atoms with Crippen molar-refractivity contribution in [3.8, 4) is 0 Å². The van der Waals surface area contributed by atoms with E-state index in [0.717, 1.165) is 29.4 Å². The minimum atomic E-state index is -0.916.